The molecule has 0 atom stereocenters. The number of para-hydroxylation sites is 1. The third kappa shape index (κ3) is 3.73. The second-order valence-electron chi connectivity index (χ2n) is 5.30. The summed E-state index contributed by atoms with van der Waals surface area (Å²) in [4.78, 5) is 25.4. The van der Waals surface area contributed by atoms with Crippen LogP contribution >= 0.6 is 0 Å². The van der Waals surface area contributed by atoms with Gasteiger partial charge in [-0.25, -0.2) is 0 Å². The van der Waals surface area contributed by atoms with Gasteiger partial charge in [-0.05, 0) is 30.2 Å². The van der Waals surface area contributed by atoms with E-state index in [2.05, 4.69) is 5.32 Å². The Morgan fingerprint density at radius 3 is 2.36 bits per heavy atom. The number of anilines is 1. The van der Waals surface area contributed by atoms with Gasteiger partial charge in [0.05, 0.1) is 0 Å². The monoisotopic (exact) mass is 296 g/mol. The molecule has 2 amide bonds. The maximum absolute atomic E-state index is 12.4. The summed E-state index contributed by atoms with van der Waals surface area (Å²) in [5.74, 6) is -0.156. The van der Waals surface area contributed by atoms with Crippen LogP contribution in [0.25, 0.3) is 0 Å². The van der Waals surface area contributed by atoms with E-state index in [-0.39, 0.29) is 11.8 Å². The van der Waals surface area contributed by atoms with Crippen LogP contribution in [0.5, 0.6) is 0 Å². The van der Waals surface area contributed by atoms with E-state index in [1.54, 1.807) is 18.0 Å². The fourth-order valence-corrected chi connectivity index (χ4v) is 2.16. The van der Waals surface area contributed by atoms with Gasteiger partial charge in [-0.3, -0.25) is 9.59 Å². The molecular formula is C18H20N2O2. The highest BCUT2D eigenvalue weighted by molar-refractivity contribution is 6.05. The lowest BCUT2D eigenvalue weighted by molar-refractivity contribution is -0.128. The maximum Gasteiger partial charge on any atom is 0.255 e. The molecule has 4 heteroatoms. The zero-order valence-electron chi connectivity index (χ0n) is 13.1. The summed E-state index contributed by atoms with van der Waals surface area (Å²) in [5, 5.41) is 2.94. The number of carbonyl (C=O) groups excluding carboxylic acids is 2. The van der Waals surface area contributed by atoms with Gasteiger partial charge in [0, 0.05) is 31.8 Å². The molecule has 0 fully saturated rings. The van der Waals surface area contributed by atoms with Crippen LogP contribution in [0.2, 0.25) is 0 Å². The molecule has 0 unspecified atom stereocenters. The molecule has 0 saturated heterocycles. The minimum absolute atomic E-state index is 0.0139. The van der Waals surface area contributed by atoms with E-state index in [0.717, 1.165) is 16.8 Å². The number of hydrogen-bond acceptors (Lipinski definition) is 2. The van der Waals surface area contributed by atoms with Crippen LogP contribution in [0, 0.1) is 6.92 Å². The molecule has 0 aliphatic carbocycles. The van der Waals surface area contributed by atoms with E-state index in [1.807, 2.05) is 49.4 Å². The molecule has 0 saturated carbocycles. The topological polar surface area (TPSA) is 49.4 Å². The molecule has 4 nitrogen and oxygen atoms in total. The Hall–Kier alpha value is -2.62. The van der Waals surface area contributed by atoms with E-state index in [4.69, 9.17) is 0 Å². The molecule has 2 aromatic carbocycles. The van der Waals surface area contributed by atoms with Gasteiger partial charge in [-0.15, -0.1) is 0 Å². The van der Waals surface area contributed by atoms with Crippen molar-refractivity contribution >= 4 is 17.5 Å². The van der Waals surface area contributed by atoms with Crippen LogP contribution in [0.1, 0.15) is 28.4 Å². The van der Waals surface area contributed by atoms with Crippen LogP contribution in [0.15, 0.2) is 48.5 Å². The molecule has 1 N–H and O–H groups in total. The van der Waals surface area contributed by atoms with E-state index in [0.29, 0.717) is 12.1 Å². The van der Waals surface area contributed by atoms with Gasteiger partial charge in [-0.1, -0.05) is 36.4 Å². The molecular weight excluding hydrogens is 276 g/mol. The van der Waals surface area contributed by atoms with Crippen LogP contribution in [-0.4, -0.2) is 23.8 Å². The Bertz CT molecular complexity index is 695. The molecule has 2 rings (SSSR count). The third-order valence-electron chi connectivity index (χ3n) is 3.60. The predicted molar refractivity (Wildman–Crippen MR) is 87.7 cm³/mol. The molecule has 0 spiro atoms. The first-order valence-electron chi connectivity index (χ1n) is 7.15. The van der Waals surface area contributed by atoms with Crippen molar-refractivity contribution in [2.45, 2.75) is 20.4 Å². The Balaban J connectivity index is 2.21. The zero-order valence-corrected chi connectivity index (χ0v) is 13.1. The normalized spacial score (nSPS) is 10.1. The number of carbonyl (C=O) groups is 2. The summed E-state index contributed by atoms with van der Waals surface area (Å²) in [6, 6.07) is 15.0. The molecule has 0 radical (unpaired) electrons. The van der Waals surface area contributed by atoms with E-state index in [1.165, 1.54) is 6.92 Å². The van der Waals surface area contributed by atoms with E-state index < -0.39 is 0 Å². The third-order valence-corrected chi connectivity index (χ3v) is 3.60. The van der Waals surface area contributed by atoms with Crippen molar-refractivity contribution in [3.63, 3.8) is 0 Å². The number of amides is 2. The average molecular weight is 296 g/mol. The van der Waals surface area contributed by atoms with Gasteiger partial charge in [0.2, 0.25) is 5.91 Å². The van der Waals surface area contributed by atoms with E-state index >= 15 is 0 Å². The highest BCUT2D eigenvalue weighted by Crippen LogP contribution is 2.18. The summed E-state index contributed by atoms with van der Waals surface area (Å²) in [6.45, 7) is 3.89. The van der Waals surface area contributed by atoms with Crippen LogP contribution in [0.3, 0.4) is 0 Å². The fraction of sp³-hybridized carbons (Fsp3) is 0.222. The number of nitrogens with one attached hydrogen (secondary N) is 1. The van der Waals surface area contributed by atoms with Crippen molar-refractivity contribution in [1.82, 2.24) is 4.90 Å². The summed E-state index contributed by atoms with van der Waals surface area (Å²) in [5.41, 5.74) is 3.21. The van der Waals surface area contributed by atoms with Crippen molar-refractivity contribution in [1.29, 1.82) is 0 Å². The van der Waals surface area contributed by atoms with Crippen LogP contribution in [0.4, 0.5) is 5.69 Å². The maximum atomic E-state index is 12.4. The van der Waals surface area contributed by atoms with Crippen molar-refractivity contribution < 1.29 is 9.59 Å². The van der Waals surface area contributed by atoms with Gasteiger partial charge in [0.1, 0.15) is 0 Å². The second kappa shape index (κ2) is 6.89. The summed E-state index contributed by atoms with van der Waals surface area (Å²) < 4.78 is 0. The Morgan fingerprint density at radius 1 is 1.05 bits per heavy atom. The SMILES string of the molecule is CC(=O)N(C)Cc1ccccc1NC(=O)c1ccccc1C. The molecule has 22 heavy (non-hydrogen) atoms. The van der Waals surface area contributed by atoms with Crippen molar-refractivity contribution in [2.75, 3.05) is 12.4 Å². The van der Waals surface area contributed by atoms with Crippen LogP contribution in [-0.2, 0) is 11.3 Å². The Morgan fingerprint density at radius 2 is 1.68 bits per heavy atom. The molecule has 0 aliphatic rings. The first-order valence-corrected chi connectivity index (χ1v) is 7.15. The summed E-state index contributed by atoms with van der Waals surface area (Å²) >= 11 is 0. The Kier molecular flexibility index (Phi) is 4.94. The lowest BCUT2D eigenvalue weighted by Gasteiger charge is -2.18. The average Bonchev–Trinajstić information content (AvgIpc) is 2.49. The number of rotatable bonds is 4. The number of nitrogens with zero attached hydrogens (tertiary/aromatic N) is 1. The molecule has 114 valence electrons. The second-order valence-corrected chi connectivity index (χ2v) is 5.30. The Labute approximate surface area is 130 Å². The highest BCUT2D eigenvalue weighted by atomic mass is 16.2. The number of aryl methyl sites for hydroxylation is 1. The van der Waals surface area contributed by atoms with Crippen molar-refractivity contribution in [3.05, 3.63) is 65.2 Å². The number of hydrogen-bond donors (Lipinski definition) is 1. The lowest BCUT2D eigenvalue weighted by Crippen LogP contribution is -2.24. The number of benzene rings is 2. The molecule has 0 bridgehead atoms. The van der Waals surface area contributed by atoms with Gasteiger partial charge in [-0.2, -0.15) is 0 Å². The molecule has 0 heterocycles. The molecule has 0 aromatic heterocycles. The van der Waals surface area contributed by atoms with Gasteiger partial charge < -0.3 is 10.2 Å². The van der Waals surface area contributed by atoms with Gasteiger partial charge in [0.25, 0.3) is 5.91 Å². The zero-order chi connectivity index (χ0) is 16.1. The minimum Gasteiger partial charge on any atom is -0.342 e. The standard InChI is InChI=1S/C18H20N2O2/c1-13-8-4-6-10-16(13)18(22)19-17-11-7-5-9-15(17)12-20(3)14(2)21/h4-11H,12H2,1-3H3,(H,19,22). The summed E-state index contributed by atoms with van der Waals surface area (Å²) in [7, 11) is 1.74. The largest absolute Gasteiger partial charge is 0.342 e. The first-order chi connectivity index (χ1) is 10.5. The first kappa shape index (κ1) is 15.8. The lowest BCUT2D eigenvalue weighted by atomic mass is 10.1. The quantitative estimate of drug-likeness (QED) is 0.941. The van der Waals surface area contributed by atoms with Crippen molar-refractivity contribution in [3.8, 4) is 0 Å². The van der Waals surface area contributed by atoms with Crippen LogP contribution < -0.4 is 5.32 Å². The minimum atomic E-state index is -0.143. The van der Waals surface area contributed by atoms with Gasteiger partial charge >= 0.3 is 0 Å². The summed E-state index contributed by atoms with van der Waals surface area (Å²) in [6.07, 6.45) is 0. The van der Waals surface area contributed by atoms with Gasteiger partial charge in [0.15, 0.2) is 0 Å². The molecule has 0 aliphatic heterocycles. The fourth-order valence-electron chi connectivity index (χ4n) is 2.16. The van der Waals surface area contributed by atoms with E-state index in [9.17, 15) is 9.59 Å². The molecule has 2 aromatic rings. The van der Waals surface area contributed by atoms with Crippen molar-refractivity contribution in [2.24, 2.45) is 0 Å². The smallest absolute Gasteiger partial charge is 0.255 e. The predicted octanol–water partition coefficient (Wildman–Crippen LogP) is 3.23. The highest BCUT2D eigenvalue weighted by Gasteiger charge is 2.12.